The van der Waals surface area contributed by atoms with Crippen LogP contribution in [0.1, 0.15) is 30.8 Å². The molecule has 1 N–H and O–H groups in total. The molecule has 0 spiro atoms. The monoisotopic (exact) mass is 389 g/mol. The Bertz CT molecular complexity index is 949. The largest absolute Gasteiger partial charge is 0.336 e. The number of fused-ring (bicyclic) bond motifs is 3. The molecule has 1 aliphatic heterocycles. The maximum absolute atomic E-state index is 12.4. The van der Waals surface area contributed by atoms with Gasteiger partial charge in [-0.25, -0.2) is 9.31 Å². The van der Waals surface area contributed by atoms with Gasteiger partial charge in [0.25, 0.3) is 0 Å². The van der Waals surface area contributed by atoms with E-state index in [1.807, 2.05) is 40.6 Å². The van der Waals surface area contributed by atoms with Crippen LogP contribution in [-0.4, -0.2) is 38.1 Å². The first-order valence-electron chi connectivity index (χ1n) is 8.74. The number of carbonyl (C=O) groups excluding carboxylic acids is 1. The summed E-state index contributed by atoms with van der Waals surface area (Å²) in [5, 5.41) is 8.40. The summed E-state index contributed by atoms with van der Waals surface area (Å²) in [5.41, 5.74) is 2.11. The van der Waals surface area contributed by atoms with Gasteiger partial charge >= 0.3 is 6.03 Å². The Hall–Kier alpha value is -2.12. The molecule has 2 aromatic heterocycles. The van der Waals surface area contributed by atoms with E-state index in [0.717, 1.165) is 33.9 Å². The normalized spacial score (nSPS) is 15.1. The van der Waals surface area contributed by atoms with Crippen LogP contribution in [0.4, 0.5) is 4.79 Å². The summed E-state index contributed by atoms with van der Waals surface area (Å²) in [6, 6.07) is 7.73. The highest BCUT2D eigenvalue weighted by atomic mass is 35.5. The summed E-state index contributed by atoms with van der Waals surface area (Å²) in [7, 11) is 0. The van der Waals surface area contributed by atoms with Gasteiger partial charge in [-0.05, 0) is 37.6 Å². The molecule has 6 nitrogen and oxygen atoms in total. The zero-order valence-corrected chi connectivity index (χ0v) is 16.3. The van der Waals surface area contributed by atoms with Crippen molar-refractivity contribution >= 4 is 33.9 Å². The highest BCUT2D eigenvalue weighted by Gasteiger charge is 2.26. The SMILES string of the molecule is CC[C@@H](C)NC(=O)N1CCc2c(sc3nc(-c4ccc(Cl)cc4)nn23)C1. The molecule has 0 saturated heterocycles. The van der Waals surface area contributed by atoms with Crippen molar-refractivity contribution in [2.24, 2.45) is 0 Å². The summed E-state index contributed by atoms with van der Waals surface area (Å²) in [4.78, 5) is 20.9. The van der Waals surface area contributed by atoms with Gasteiger partial charge in [-0.1, -0.05) is 29.9 Å². The molecule has 26 heavy (non-hydrogen) atoms. The molecule has 0 saturated carbocycles. The van der Waals surface area contributed by atoms with Crippen molar-refractivity contribution in [2.45, 2.75) is 39.3 Å². The van der Waals surface area contributed by atoms with Crippen LogP contribution in [-0.2, 0) is 13.0 Å². The van der Waals surface area contributed by atoms with E-state index in [4.69, 9.17) is 11.6 Å². The number of benzene rings is 1. The topological polar surface area (TPSA) is 62.5 Å². The number of thiazole rings is 1. The van der Waals surface area contributed by atoms with Crippen molar-refractivity contribution in [3.8, 4) is 11.4 Å². The van der Waals surface area contributed by atoms with Gasteiger partial charge in [-0.15, -0.1) is 5.10 Å². The second kappa shape index (κ2) is 6.89. The predicted molar refractivity (Wildman–Crippen MR) is 104 cm³/mol. The van der Waals surface area contributed by atoms with E-state index in [2.05, 4.69) is 22.3 Å². The van der Waals surface area contributed by atoms with Crippen LogP contribution in [0.2, 0.25) is 5.02 Å². The first-order chi connectivity index (χ1) is 12.5. The van der Waals surface area contributed by atoms with Gasteiger partial charge in [-0.2, -0.15) is 4.98 Å². The smallest absolute Gasteiger partial charge is 0.317 e. The molecule has 0 unspecified atom stereocenters. The minimum absolute atomic E-state index is 0.00542. The minimum atomic E-state index is 0.00542. The Kier molecular flexibility index (Phi) is 4.58. The summed E-state index contributed by atoms with van der Waals surface area (Å²) >= 11 is 7.56. The molecule has 0 radical (unpaired) electrons. The van der Waals surface area contributed by atoms with Crippen molar-refractivity contribution in [3.63, 3.8) is 0 Å². The number of urea groups is 1. The molecule has 8 heteroatoms. The third-order valence-corrected chi connectivity index (χ3v) is 6.00. The minimum Gasteiger partial charge on any atom is -0.336 e. The van der Waals surface area contributed by atoms with Crippen LogP contribution >= 0.6 is 22.9 Å². The quantitative estimate of drug-likeness (QED) is 0.737. The summed E-state index contributed by atoms with van der Waals surface area (Å²) < 4.78 is 1.92. The number of hydrogen-bond donors (Lipinski definition) is 1. The Labute approximate surface area is 160 Å². The van der Waals surface area contributed by atoms with Crippen LogP contribution in [0.5, 0.6) is 0 Å². The Morgan fingerprint density at radius 2 is 2.15 bits per heavy atom. The molecular weight excluding hydrogens is 370 g/mol. The number of aromatic nitrogens is 3. The molecule has 3 heterocycles. The molecule has 4 rings (SSSR count). The zero-order chi connectivity index (χ0) is 18.3. The number of hydrogen-bond acceptors (Lipinski definition) is 4. The fourth-order valence-electron chi connectivity index (χ4n) is 2.99. The van der Waals surface area contributed by atoms with Crippen molar-refractivity contribution in [3.05, 3.63) is 39.9 Å². The fourth-order valence-corrected chi connectivity index (χ4v) is 4.23. The lowest BCUT2D eigenvalue weighted by Crippen LogP contribution is -2.45. The van der Waals surface area contributed by atoms with Crippen molar-refractivity contribution in [1.29, 1.82) is 0 Å². The number of nitrogens with one attached hydrogen (secondary N) is 1. The van der Waals surface area contributed by atoms with Gasteiger partial charge in [-0.3, -0.25) is 0 Å². The van der Waals surface area contributed by atoms with Crippen LogP contribution in [0.25, 0.3) is 16.3 Å². The van der Waals surface area contributed by atoms with E-state index in [9.17, 15) is 4.79 Å². The third kappa shape index (κ3) is 3.17. The lowest BCUT2D eigenvalue weighted by Gasteiger charge is -2.28. The maximum Gasteiger partial charge on any atom is 0.317 e. The molecule has 0 bridgehead atoms. The van der Waals surface area contributed by atoms with Gasteiger partial charge in [0.1, 0.15) is 0 Å². The summed E-state index contributed by atoms with van der Waals surface area (Å²) in [6.45, 7) is 5.40. The Balaban J connectivity index is 1.57. The second-order valence-electron chi connectivity index (χ2n) is 6.54. The van der Waals surface area contributed by atoms with E-state index in [1.165, 1.54) is 0 Å². The maximum atomic E-state index is 12.4. The Morgan fingerprint density at radius 1 is 1.38 bits per heavy atom. The molecule has 1 aliphatic rings. The molecule has 1 atom stereocenters. The van der Waals surface area contributed by atoms with E-state index in [-0.39, 0.29) is 12.1 Å². The van der Waals surface area contributed by atoms with Gasteiger partial charge in [0.15, 0.2) is 5.82 Å². The first kappa shape index (κ1) is 17.3. The summed E-state index contributed by atoms with van der Waals surface area (Å²) in [6.07, 6.45) is 1.71. The van der Waals surface area contributed by atoms with Crippen LogP contribution in [0.15, 0.2) is 24.3 Å². The number of rotatable bonds is 3. The molecular formula is C18H20ClN5OS. The van der Waals surface area contributed by atoms with Crippen LogP contribution in [0.3, 0.4) is 0 Å². The van der Waals surface area contributed by atoms with Crippen LogP contribution in [0, 0.1) is 0 Å². The molecule has 136 valence electrons. The Morgan fingerprint density at radius 3 is 2.88 bits per heavy atom. The van der Waals surface area contributed by atoms with Crippen molar-refractivity contribution in [1.82, 2.24) is 24.8 Å². The number of halogens is 1. The third-order valence-electron chi connectivity index (χ3n) is 4.69. The highest BCUT2D eigenvalue weighted by Crippen LogP contribution is 2.29. The zero-order valence-electron chi connectivity index (χ0n) is 14.7. The molecule has 3 aromatic rings. The molecule has 1 aromatic carbocycles. The van der Waals surface area contributed by atoms with Crippen LogP contribution < -0.4 is 5.32 Å². The average Bonchev–Trinajstić information content (AvgIpc) is 3.19. The number of amides is 2. The number of nitrogens with zero attached hydrogens (tertiary/aromatic N) is 4. The van der Waals surface area contributed by atoms with E-state index >= 15 is 0 Å². The second-order valence-corrected chi connectivity index (χ2v) is 8.04. The molecule has 2 amide bonds. The highest BCUT2D eigenvalue weighted by molar-refractivity contribution is 7.17. The predicted octanol–water partition coefficient (Wildman–Crippen LogP) is 3.98. The van der Waals surface area contributed by atoms with Gasteiger partial charge in [0.05, 0.1) is 12.2 Å². The average molecular weight is 390 g/mol. The number of carbonyl (C=O) groups is 1. The van der Waals surface area contributed by atoms with E-state index in [1.54, 1.807) is 11.3 Å². The van der Waals surface area contributed by atoms with Crippen molar-refractivity contribution < 1.29 is 4.79 Å². The summed E-state index contributed by atoms with van der Waals surface area (Å²) in [5.74, 6) is 0.702. The molecule has 0 aliphatic carbocycles. The first-order valence-corrected chi connectivity index (χ1v) is 9.93. The lowest BCUT2D eigenvalue weighted by atomic mass is 10.2. The standard InChI is InChI=1S/C18H20ClN5OS/c1-3-11(2)20-17(25)23-9-8-14-15(10-23)26-18-21-16(22-24(14)18)12-4-6-13(19)7-5-12/h4-7,11H,3,8-10H2,1-2H3,(H,20,25)/t11-/m1/s1. The van der Waals surface area contributed by atoms with Gasteiger partial charge < -0.3 is 10.2 Å². The van der Waals surface area contributed by atoms with Crippen molar-refractivity contribution in [2.75, 3.05) is 6.54 Å². The fraction of sp³-hybridized carbons (Fsp3) is 0.389. The van der Waals surface area contributed by atoms with Gasteiger partial charge in [0, 0.05) is 34.5 Å². The van der Waals surface area contributed by atoms with E-state index in [0.29, 0.717) is 23.9 Å². The van der Waals surface area contributed by atoms with E-state index < -0.39 is 0 Å². The molecule has 0 fully saturated rings. The lowest BCUT2D eigenvalue weighted by molar-refractivity contribution is 0.189. The van der Waals surface area contributed by atoms with Gasteiger partial charge in [0.2, 0.25) is 4.96 Å².